The highest BCUT2D eigenvalue weighted by Gasteiger charge is 2.32. The Hall–Kier alpha value is -1.65. The van der Waals surface area contributed by atoms with Gasteiger partial charge in [-0.2, -0.15) is 0 Å². The Kier molecular flexibility index (Phi) is 5.13. The third-order valence-corrected chi connectivity index (χ3v) is 5.60. The summed E-state index contributed by atoms with van der Waals surface area (Å²) in [5.41, 5.74) is 2.16. The first-order valence-corrected chi connectivity index (χ1v) is 9.30. The van der Waals surface area contributed by atoms with Crippen molar-refractivity contribution >= 4 is 22.9 Å². The van der Waals surface area contributed by atoms with Crippen LogP contribution in [0.1, 0.15) is 49.1 Å². The van der Waals surface area contributed by atoms with Gasteiger partial charge < -0.3 is 10.2 Å². The van der Waals surface area contributed by atoms with E-state index in [1.54, 1.807) is 0 Å². The molecule has 122 valence electrons. The molecular weight excluding hydrogens is 304 g/mol. The molecule has 3 rings (SSSR count). The summed E-state index contributed by atoms with van der Waals surface area (Å²) < 4.78 is 0. The standard InChI is InChI=1S/C19H24N2OS/c1-14(2)15-7-3-4-8-16(15)20-19(22)13-21-11-5-9-17(21)18-10-6-12-23-18/h3-4,6-8,10,12,14,17H,5,9,11,13H2,1-2H3,(H,20,22)/p+1/t17-/m1/s1. The minimum absolute atomic E-state index is 0.122. The van der Waals surface area contributed by atoms with Gasteiger partial charge in [-0.1, -0.05) is 38.1 Å². The quantitative estimate of drug-likeness (QED) is 0.867. The molecule has 2 atom stereocenters. The van der Waals surface area contributed by atoms with Gasteiger partial charge in [0.25, 0.3) is 5.91 Å². The molecule has 2 N–H and O–H groups in total. The van der Waals surface area contributed by atoms with E-state index in [9.17, 15) is 4.79 Å². The summed E-state index contributed by atoms with van der Waals surface area (Å²) in [6.07, 6.45) is 2.39. The lowest BCUT2D eigenvalue weighted by Gasteiger charge is -2.21. The van der Waals surface area contributed by atoms with Gasteiger partial charge in [-0.15, -0.1) is 11.3 Å². The van der Waals surface area contributed by atoms with Crippen molar-refractivity contribution in [3.63, 3.8) is 0 Å². The maximum Gasteiger partial charge on any atom is 0.279 e. The van der Waals surface area contributed by atoms with Gasteiger partial charge in [0.15, 0.2) is 6.54 Å². The maximum absolute atomic E-state index is 12.5. The zero-order valence-electron chi connectivity index (χ0n) is 13.8. The van der Waals surface area contributed by atoms with E-state index in [2.05, 4.69) is 42.7 Å². The Labute approximate surface area is 142 Å². The number of quaternary nitrogens is 1. The molecule has 1 saturated heterocycles. The van der Waals surface area contributed by atoms with Gasteiger partial charge in [-0.3, -0.25) is 4.79 Å². The number of amides is 1. The summed E-state index contributed by atoms with van der Waals surface area (Å²) >= 11 is 1.81. The topological polar surface area (TPSA) is 33.5 Å². The fraction of sp³-hybridized carbons (Fsp3) is 0.421. The second kappa shape index (κ2) is 7.28. The first kappa shape index (κ1) is 16.2. The summed E-state index contributed by atoms with van der Waals surface area (Å²) in [6, 6.07) is 12.9. The molecule has 0 aliphatic carbocycles. The van der Waals surface area contributed by atoms with Gasteiger partial charge >= 0.3 is 0 Å². The summed E-state index contributed by atoms with van der Waals surface area (Å²) in [5.74, 6) is 0.529. The molecular formula is C19H25N2OS+. The first-order chi connectivity index (χ1) is 11.1. The Morgan fingerprint density at radius 2 is 2.13 bits per heavy atom. The Morgan fingerprint density at radius 3 is 2.87 bits per heavy atom. The summed E-state index contributed by atoms with van der Waals surface area (Å²) in [7, 11) is 0. The molecule has 2 heterocycles. The van der Waals surface area contributed by atoms with E-state index in [1.165, 1.54) is 28.2 Å². The van der Waals surface area contributed by atoms with E-state index in [0.29, 0.717) is 18.5 Å². The number of carbonyl (C=O) groups excluding carboxylic acids is 1. The number of rotatable bonds is 5. The number of likely N-dealkylation sites (tertiary alicyclic amines) is 1. The fourth-order valence-electron chi connectivity index (χ4n) is 3.47. The molecule has 23 heavy (non-hydrogen) atoms. The number of nitrogens with one attached hydrogen (secondary N) is 2. The number of benzene rings is 1. The summed E-state index contributed by atoms with van der Waals surface area (Å²) in [6.45, 7) is 5.95. The number of para-hydroxylation sites is 1. The van der Waals surface area contributed by atoms with E-state index in [-0.39, 0.29) is 5.91 Å². The maximum atomic E-state index is 12.5. The van der Waals surface area contributed by atoms with Crippen LogP contribution in [0.2, 0.25) is 0 Å². The molecule has 0 radical (unpaired) electrons. The fourth-order valence-corrected chi connectivity index (χ4v) is 4.39. The molecule has 1 unspecified atom stereocenters. The number of anilines is 1. The second-order valence-corrected chi connectivity index (χ2v) is 7.56. The molecule has 1 aromatic carbocycles. The number of hydrogen-bond donors (Lipinski definition) is 2. The van der Waals surface area contributed by atoms with Crippen LogP contribution in [0.25, 0.3) is 0 Å². The van der Waals surface area contributed by atoms with Crippen molar-refractivity contribution in [2.45, 2.75) is 38.6 Å². The summed E-state index contributed by atoms with van der Waals surface area (Å²) in [4.78, 5) is 15.3. The van der Waals surface area contributed by atoms with Crippen molar-refractivity contribution in [2.75, 3.05) is 18.4 Å². The monoisotopic (exact) mass is 329 g/mol. The summed E-state index contributed by atoms with van der Waals surface area (Å²) in [5, 5.41) is 5.26. The minimum Gasteiger partial charge on any atom is -0.321 e. The highest BCUT2D eigenvalue weighted by Crippen LogP contribution is 2.24. The number of hydrogen-bond acceptors (Lipinski definition) is 2. The SMILES string of the molecule is CC(C)c1ccccc1NC(=O)C[NH+]1CCC[C@@H]1c1cccs1. The highest BCUT2D eigenvalue weighted by atomic mass is 32.1. The molecule has 1 amide bonds. The van der Waals surface area contributed by atoms with E-state index in [1.807, 2.05) is 29.5 Å². The predicted molar refractivity (Wildman–Crippen MR) is 96.2 cm³/mol. The Morgan fingerprint density at radius 1 is 1.30 bits per heavy atom. The molecule has 3 nitrogen and oxygen atoms in total. The minimum atomic E-state index is 0.122. The molecule has 2 aromatic rings. The van der Waals surface area contributed by atoms with E-state index >= 15 is 0 Å². The van der Waals surface area contributed by atoms with Crippen molar-refractivity contribution in [1.29, 1.82) is 0 Å². The van der Waals surface area contributed by atoms with Gasteiger partial charge in [0, 0.05) is 18.5 Å². The van der Waals surface area contributed by atoms with Crippen LogP contribution >= 0.6 is 11.3 Å². The normalized spacial score (nSPS) is 20.8. The van der Waals surface area contributed by atoms with Crippen LogP contribution in [-0.2, 0) is 4.79 Å². The Bertz CT molecular complexity index is 651. The predicted octanol–water partition coefficient (Wildman–Crippen LogP) is 3.23. The van der Waals surface area contributed by atoms with Crippen molar-refractivity contribution in [1.82, 2.24) is 0 Å². The molecule has 0 spiro atoms. The van der Waals surface area contributed by atoms with Gasteiger partial charge in [-0.05, 0) is 29.0 Å². The van der Waals surface area contributed by atoms with Crippen LogP contribution in [0.4, 0.5) is 5.69 Å². The van der Waals surface area contributed by atoms with Gasteiger partial charge in [-0.25, -0.2) is 0 Å². The highest BCUT2D eigenvalue weighted by molar-refractivity contribution is 7.10. The molecule has 1 aliphatic heterocycles. The van der Waals surface area contributed by atoms with Gasteiger partial charge in [0.2, 0.25) is 0 Å². The van der Waals surface area contributed by atoms with E-state index in [0.717, 1.165) is 12.2 Å². The Balaban J connectivity index is 1.66. The molecule has 0 saturated carbocycles. The first-order valence-electron chi connectivity index (χ1n) is 8.42. The van der Waals surface area contributed by atoms with Crippen LogP contribution < -0.4 is 10.2 Å². The van der Waals surface area contributed by atoms with Crippen LogP contribution in [0.5, 0.6) is 0 Å². The van der Waals surface area contributed by atoms with Crippen LogP contribution in [0, 0.1) is 0 Å². The van der Waals surface area contributed by atoms with Crippen LogP contribution in [-0.4, -0.2) is 19.0 Å². The van der Waals surface area contributed by atoms with E-state index < -0.39 is 0 Å². The lowest BCUT2D eigenvalue weighted by Crippen LogP contribution is -3.11. The van der Waals surface area contributed by atoms with Crippen molar-refractivity contribution in [3.05, 3.63) is 52.2 Å². The average molecular weight is 329 g/mol. The van der Waals surface area contributed by atoms with Crippen molar-refractivity contribution in [2.24, 2.45) is 0 Å². The van der Waals surface area contributed by atoms with Crippen molar-refractivity contribution in [3.8, 4) is 0 Å². The van der Waals surface area contributed by atoms with Gasteiger partial charge in [0.05, 0.1) is 11.4 Å². The third kappa shape index (κ3) is 3.82. The number of carbonyl (C=O) groups is 1. The van der Waals surface area contributed by atoms with E-state index in [4.69, 9.17) is 0 Å². The van der Waals surface area contributed by atoms with Crippen molar-refractivity contribution < 1.29 is 9.69 Å². The molecule has 1 fully saturated rings. The molecule has 0 bridgehead atoms. The smallest absolute Gasteiger partial charge is 0.279 e. The zero-order chi connectivity index (χ0) is 16.2. The largest absolute Gasteiger partial charge is 0.321 e. The molecule has 1 aliphatic rings. The lowest BCUT2D eigenvalue weighted by atomic mass is 10.0. The average Bonchev–Trinajstić information content (AvgIpc) is 3.18. The molecule has 1 aromatic heterocycles. The zero-order valence-corrected chi connectivity index (χ0v) is 14.7. The van der Waals surface area contributed by atoms with Crippen LogP contribution in [0.3, 0.4) is 0 Å². The number of thiophene rings is 1. The lowest BCUT2D eigenvalue weighted by molar-refractivity contribution is -0.910. The second-order valence-electron chi connectivity index (χ2n) is 6.59. The molecule has 4 heteroatoms. The van der Waals surface area contributed by atoms with Crippen LogP contribution in [0.15, 0.2) is 41.8 Å². The third-order valence-electron chi connectivity index (χ3n) is 4.61. The van der Waals surface area contributed by atoms with Gasteiger partial charge in [0.1, 0.15) is 6.04 Å².